The van der Waals surface area contributed by atoms with Gasteiger partial charge in [0.25, 0.3) is 0 Å². The summed E-state index contributed by atoms with van der Waals surface area (Å²) in [5.41, 5.74) is -0.175. The largest absolute Gasteiger partial charge is 0.379 e. The van der Waals surface area contributed by atoms with Crippen molar-refractivity contribution in [1.29, 1.82) is 0 Å². The summed E-state index contributed by atoms with van der Waals surface area (Å²) in [7, 11) is -3.33. The highest BCUT2D eigenvalue weighted by Crippen LogP contribution is 2.22. The van der Waals surface area contributed by atoms with Crippen molar-refractivity contribution in [3.63, 3.8) is 0 Å². The number of carbonyl (C=O) groups excluding carboxylic acids is 1. The second-order valence-electron chi connectivity index (χ2n) is 7.21. The summed E-state index contributed by atoms with van der Waals surface area (Å²) in [4.78, 5) is 14.9. The van der Waals surface area contributed by atoms with E-state index in [0.717, 1.165) is 19.5 Å². The van der Waals surface area contributed by atoms with E-state index in [1.165, 1.54) is 4.31 Å². The number of sulfonamides is 1. The van der Waals surface area contributed by atoms with Crippen molar-refractivity contribution in [1.82, 2.24) is 14.5 Å². The number of carbonyl (C=O) groups is 1. The minimum Gasteiger partial charge on any atom is -0.379 e. The van der Waals surface area contributed by atoms with Gasteiger partial charge in [-0.15, -0.1) is 0 Å². The Bertz CT molecular complexity index is 529. The van der Waals surface area contributed by atoms with Crippen LogP contribution in [0, 0.1) is 0 Å². The molecule has 0 bridgehead atoms. The van der Waals surface area contributed by atoms with Crippen molar-refractivity contribution >= 4 is 15.9 Å². The number of ether oxygens (including phenoxy) is 1. The summed E-state index contributed by atoms with van der Waals surface area (Å²) in [5.74, 6) is -0.0655. The number of rotatable bonds is 7. The molecular weight excluding hydrogens is 330 g/mol. The zero-order valence-corrected chi connectivity index (χ0v) is 15.9. The van der Waals surface area contributed by atoms with Gasteiger partial charge in [-0.3, -0.25) is 9.69 Å². The van der Waals surface area contributed by atoms with Crippen molar-refractivity contribution in [3.8, 4) is 0 Å². The summed E-state index contributed by atoms with van der Waals surface area (Å²) in [6.07, 6.45) is 1.91. The first kappa shape index (κ1) is 19.6. The van der Waals surface area contributed by atoms with Crippen LogP contribution in [-0.2, 0) is 19.6 Å². The third-order valence-electron chi connectivity index (χ3n) is 4.89. The highest BCUT2D eigenvalue weighted by Gasteiger charge is 2.38. The third-order valence-corrected chi connectivity index (χ3v) is 6.96. The molecule has 2 saturated heterocycles. The summed E-state index contributed by atoms with van der Waals surface area (Å²) in [6.45, 7) is 10.1. The topological polar surface area (TPSA) is 79.0 Å². The van der Waals surface area contributed by atoms with E-state index in [-0.39, 0.29) is 17.2 Å². The normalized spacial score (nSPS) is 24.2. The van der Waals surface area contributed by atoms with E-state index in [4.69, 9.17) is 4.74 Å². The quantitative estimate of drug-likeness (QED) is 0.711. The molecule has 8 heteroatoms. The molecule has 140 valence electrons. The zero-order valence-electron chi connectivity index (χ0n) is 15.1. The molecule has 0 spiro atoms. The van der Waals surface area contributed by atoms with Crippen LogP contribution in [0.5, 0.6) is 0 Å². The van der Waals surface area contributed by atoms with Crippen molar-refractivity contribution in [2.75, 3.05) is 45.1 Å². The van der Waals surface area contributed by atoms with Crippen LogP contribution < -0.4 is 5.32 Å². The number of nitrogens with one attached hydrogen (secondary N) is 1. The molecule has 0 aromatic rings. The van der Waals surface area contributed by atoms with Gasteiger partial charge < -0.3 is 10.1 Å². The second kappa shape index (κ2) is 8.12. The van der Waals surface area contributed by atoms with Gasteiger partial charge in [0.1, 0.15) is 6.04 Å². The maximum Gasteiger partial charge on any atom is 0.238 e. The average Bonchev–Trinajstić information content (AvgIpc) is 3.04. The van der Waals surface area contributed by atoms with Crippen molar-refractivity contribution in [2.24, 2.45) is 0 Å². The minimum atomic E-state index is -3.33. The van der Waals surface area contributed by atoms with Crippen LogP contribution in [-0.4, -0.2) is 80.3 Å². The number of hydrogen-bond donors (Lipinski definition) is 1. The summed E-state index contributed by atoms with van der Waals surface area (Å²) < 4.78 is 31.4. The molecule has 0 unspecified atom stereocenters. The Kier molecular flexibility index (Phi) is 6.64. The highest BCUT2D eigenvalue weighted by atomic mass is 32.2. The molecule has 0 aliphatic carbocycles. The molecule has 1 N–H and O–H groups in total. The number of hydrogen-bond acceptors (Lipinski definition) is 5. The van der Waals surface area contributed by atoms with Gasteiger partial charge >= 0.3 is 0 Å². The van der Waals surface area contributed by atoms with Gasteiger partial charge in [0.05, 0.1) is 19.0 Å². The van der Waals surface area contributed by atoms with Crippen LogP contribution in [0.1, 0.15) is 40.0 Å². The Balaban J connectivity index is 1.93. The number of morpholine rings is 1. The van der Waals surface area contributed by atoms with Crippen molar-refractivity contribution < 1.29 is 17.9 Å². The van der Waals surface area contributed by atoms with Gasteiger partial charge in [-0.05, 0) is 33.1 Å². The summed E-state index contributed by atoms with van der Waals surface area (Å²) in [6, 6.07) is -0.554. The fourth-order valence-corrected chi connectivity index (χ4v) is 5.16. The lowest BCUT2D eigenvalue weighted by atomic mass is 10.0. The second-order valence-corrected chi connectivity index (χ2v) is 9.26. The first-order valence-corrected chi connectivity index (χ1v) is 10.5. The van der Waals surface area contributed by atoms with Crippen LogP contribution in [0.4, 0.5) is 0 Å². The molecule has 2 heterocycles. The van der Waals surface area contributed by atoms with Crippen LogP contribution in [0.2, 0.25) is 0 Å². The molecule has 0 radical (unpaired) electrons. The van der Waals surface area contributed by atoms with Gasteiger partial charge in [0.15, 0.2) is 0 Å². The molecule has 1 atom stereocenters. The first-order chi connectivity index (χ1) is 11.3. The lowest BCUT2D eigenvalue weighted by Crippen LogP contribution is -2.57. The lowest BCUT2D eigenvalue weighted by Gasteiger charge is -2.41. The fraction of sp³-hybridized carbons (Fsp3) is 0.938. The summed E-state index contributed by atoms with van der Waals surface area (Å²) >= 11 is 0. The standard InChI is InChI=1S/C16H31N3O4S/c1-4-12-24(21,22)19-7-5-6-14(19)15(20)17-13-16(2,3)18-8-10-23-11-9-18/h14H,4-13H2,1-3H3,(H,17,20)/t14-/m0/s1. The molecule has 2 aliphatic rings. The maximum atomic E-state index is 12.6. The minimum absolute atomic E-state index is 0.107. The molecule has 0 aromatic carbocycles. The molecule has 0 aromatic heterocycles. The number of nitrogens with zero attached hydrogens (tertiary/aromatic N) is 2. The van der Waals surface area contributed by atoms with Crippen molar-refractivity contribution in [2.45, 2.75) is 51.6 Å². The van der Waals surface area contributed by atoms with E-state index < -0.39 is 16.1 Å². The predicted molar refractivity (Wildman–Crippen MR) is 93.3 cm³/mol. The van der Waals surface area contributed by atoms with Gasteiger partial charge in [0, 0.05) is 31.7 Å². The van der Waals surface area contributed by atoms with E-state index in [9.17, 15) is 13.2 Å². The van der Waals surface area contributed by atoms with Crippen LogP contribution in [0.25, 0.3) is 0 Å². The smallest absolute Gasteiger partial charge is 0.238 e. The zero-order chi connectivity index (χ0) is 17.8. The monoisotopic (exact) mass is 361 g/mol. The molecule has 24 heavy (non-hydrogen) atoms. The Morgan fingerprint density at radius 3 is 2.54 bits per heavy atom. The predicted octanol–water partition coefficient (Wildman–Crippen LogP) is 0.418. The molecule has 2 fully saturated rings. The number of amides is 1. The molecule has 2 aliphatic heterocycles. The van der Waals surface area contributed by atoms with Crippen molar-refractivity contribution in [3.05, 3.63) is 0 Å². The van der Waals surface area contributed by atoms with E-state index in [2.05, 4.69) is 24.1 Å². The molecule has 7 nitrogen and oxygen atoms in total. The Morgan fingerprint density at radius 1 is 1.25 bits per heavy atom. The van der Waals surface area contributed by atoms with E-state index in [1.54, 1.807) is 0 Å². The van der Waals surface area contributed by atoms with Gasteiger partial charge in [0.2, 0.25) is 15.9 Å². The fourth-order valence-electron chi connectivity index (χ4n) is 3.41. The average molecular weight is 362 g/mol. The van der Waals surface area contributed by atoms with E-state index in [0.29, 0.717) is 39.1 Å². The van der Waals surface area contributed by atoms with Crippen LogP contribution >= 0.6 is 0 Å². The Morgan fingerprint density at radius 2 is 1.92 bits per heavy atom. The highest BCUT2D eigenvalue weighted by molar-refractivity contribution is 7.89. The molecule has 2 rings (SSSR count). The van der Waals surface area contributed by atoms with E-state index >= 15 is 0 Å². The van der Waals surface area contributed by atoms with Gasteiger partial charge in [-0.1, -0.05) is 6.92 Å². The molecule has 1 amide bonds. The van der Waals surface area contributed by atoms with E-state index in [1.807, 2.05) is 6.92 Å². The SMILES string of the molecule is CCCS(=O)(=O)N1CCC[C@H]1C(=O)NCC(C)(C)N1CCOCC1. The first-order valence-electron chi connectivity index (χ1n) is 8.88. The van der Waals surface area contributed by atoms with Crippen LogP contribution in [0.15, 0.2) is 0 Å². The molecule has 0 saturated carbocycles. The Labute approximate surface area is 145 Å². The van der Waals surface area contributed by atoms with Gasteiger partial charge in [-0.25, -0.2) is 8.42 Å². The molecular formula is C16H31N3O4S. The summed E-state index contributed by atoms with van der Waals surface area (Å²) in [5, 5.41) is 2.98. The van der Waals surface area contributed by atoms with Gasteiger partial charge in [-0.2, -0.15) is 4.31 Å². The van der Waals surface area contributed by atoms with Crippen LogP contribution in [0.3, 0.4) is 0 Å². The Hall–Kier alpha value is -0.700. The third kappa shape index (κ3) is 4.68. The maximum absolute atomic E-state index is 12.6. The lowest BCUT2D eigenvalue weighted by molar-refractivity contribution is -0.125.